The van der Waals surface area contributed by atoms with Gasteiger partial charge in [-0.1, -0.05) is 0 Å². The Kier molecular flexibility index (Phi) is 5.25. The number of ketones is 1. The highest BCUT2D eigenvalue weighted by Gasteiger charge is 2.23. The molecule has 0 saturated carbocycles. The number of anilines is 1. The highest BCUT2D eigenvalue weighted by atomic mass is 32.2. The number of nitrogens with zero attached hydrogens (tertiary/aromatic N) is 5. The molecule has 0 aliphatic carbocycles. The fraction of sp³-hybridized carbons (Fsp3) is 0.167. The molecule has 0 fully saturated rings. The van der Waals surface area contributed by atoms with Gasteiger partial charge in [0.2, 0.25) is 11.9 Å². The van der Waals surface area contributed by atoms with Crippen LogP contribution < -0.4 is 14.8 Å². The molecule has 1 aliphatic rings. The summed E-state index contributed by atoms with van der Waals surface area (Å²) in [6, 6.07) is 7.00. The number of nitro benzene ring substituents is 1. The van der Waals surface area contributed by atoms with Crippen LogP contribution in [0.1, 0.15) is 27.6 Å². The van der Waals surface area contributed by atoms with E-state index in [0.717, 1.165) is 17.8 Å². The molecular formula is C18H14N6O6S. The van der Waals surface area contributed by atoms with Gasteiger partial charge in [0.25, 0.3) is 11.6 Å². The van der Waals surface area contributed by atoms with E-state index in [1.54, 1.807) is 7.05 Å². The summed E-state index contributed by atoms with van der Waals surface area (Å²) in [6.45, 7) is 1.36. The van der Waals surface area contributed by atoms with Crippen LogP contribution in [-0.4, -0.2) is 43.6 Å². The van der Waals surface area contributed by atoms with Gasteiger partial charge in [0, 0.05) is 30.3 Å². The maximum Gasteiger partial charge on any atom is 0.284 e. The lowest BCUT2D eigenvalue weighted by Gasteiger charge is -2.11. The Hall–Kier alpha value is -4.00. The maximum absolute atomic E-state index is 12.8. The summed E-state index contributed by atoms with van der Waals surface area (Å²) in [5.41, 5.74) is 0.208. The number of carbonyl (C=O) groups excluding carboxylic acids is 2. The SMILES string of the molecule is CC(=O)c1cc2c(cc1NC(=O)c1ccc(Sc3nnnn3C)c([N+](=O)[O-])c1)OCO2. The molecule has 2 aromatic carbocycles. The topological polar surface area (TPSA) is 151 Å². The average Bonchev–Trinajstić information content (AvgIpc) is 3.35. The fourth-order valence-corrected chi connectivity index (χ4v) is 3.64. The molecule has 0 atom stereocenters. The number of amides is 1. The van der Waals surface area contributed by atoms with E-state index in [9.17, 15) is 19.7 Å². The molecule has 0 spiro atoms. The number of rotatable bonds is 6. The van der Waals surface area contributed by atoms with Crippen LogP contribution in [0.3, 0.4) is 0 Å². The van der Waals surface area contributed by atoms with Gasteiger partial charge in [0.15, 0.2) is 17.3 Å². The third kappa shape index (κ3) is 4.02. The first-order chi connectivity index (χ1) is 14.8. The van der Waals surface area contributed by atoms with Crippen molar-refractivity contribution in [1.29, 1.82) is 0 Å². The minimum Gasteiger partial charge on any atom is -0.454 e. The first-order valence-electron chi connectivity index (χ1n) is 8.78. The fourth-order valence-electron chi connectivity index (χ4n) is 2.82. The third-order valence-electron chi connectivity index (χ3n) is 4.34. The number of benzene rings is 2. The Balaban J connectivity index is 1.64. The summed E-state index contributed by atoms with van der Waals surface area (Å²) in [5, 5.41) is 25.5. The van der Waals surface area contributed by atoms with Gasteiger partial charge in [-0.2, -0.15) is 0 Å². The van der Waals surface area contributed by atoms with E-state index in [4.69, 9.17) is 9.47 Å². The number of hydrogen-bond acceptors (Lipinski definition) is 10. The molecular weight excluding hydrogens is 428 g/mol. The van der Waals surface area contributed by atoms with Crippen LogP contribution in [-0.2, 0) is 7.05 Å². The normalized spacial score (nSPS) is 11.9. The molecule has 1 aromatic heterocycles. The average molecular weight is 442 g/mol. The van der Waals surface area contributed by atoms with Gasteiger partial charge in [0.05, 0.1) is 15.5 Å². The molecule has 13 heteroatoms. The van der Waals surface area contributed by atoms with Gasteiger partial charge >= 0.3 is 0 Å². The highest BCUT2D eigenvalue weighted by Crippen LogP contribution is 2.38. The van der Waals surface area contributed by atoms with Crippen molar-refractivity contribution in [3.63, 3.8) is 0 Å². The van der Waals surface area contributed by atoms with Crippen molar-refractivity contribution in [2.75, 3.05) is 12.1 Å². The molecule has 3 aromatic rings. The summed E-state index contributed by atoms with van der Waals surface area (Å²) in [6.07, 6.45) is 0. The summed E-state index contributed by atoms with van der Waals surface area (Å²) < 4.78 is 11.9. The predicted molar refractivity (Wildman–Crippen MR) is 107 cm³/mol. The first-order valence-corrected chi connectivity index (χ1v) is 9.59. The molecule has 0 saturated heterocycles. The minimum atomic E-state index is -0.624. The second-order valence-corrected chi connectivity index (χ2v) is 7.40. The smallest absolute Gasteiger partial charge is 0.284 e. The van der Waals surface area contributed by atoms with Crippen molar-refractivity contribution < 1.29 is 24.0 Å². The monoisotopic (exact) mass is 442 g/mol. The predicted octanol–water partition coefficient (Wildman–Crippen LogP) is 2.45. The van der Waals surface area contributed by atoms with Crippen molar-refractivity contribution in [3.05, 3.63) is 51.6 Å². The molecule has 0 radical (unpaired) electrons. The first kappa shape index (κ1) is 20.3. The van der Waals surface area contributed by atoms with Crippen LogP contribution in [0.25, 0.3) is 0 Å². The zero-order chi connectivity index (χ0) is 22.1. The summed E-state index contributed by atoms with van der Waals surface area (Å²) in [4.78, 5) is 36.0. The molecule has 1 aliphatic heterocycles. The number of carbonyl (C=O) groups is 2. The second-order valence-electron chi connectivity index (χ2n) is 6.39. The molecule has 1 amide bonds. The number of tetrazole rings is 1. The summed E-state index contributed by atoms with van der Waals surface area (Å²) in [5.74, 6) is -0.126. The maximum atomic E-state index is 12.8. The Labute approximate surface area is 178 Å². The lowest BCUT2D eigenvalue weighted by Crippen LogP contribution is -2.14. The van der Waals surface area contributed by atoms with E-state index in [0.29, 0.717) is 16.7 Å². The van der Waals surface area contributed by atoms with Gasteiger partial charge in [-0.05, 0) is 47.3 Å². The quantitative estimate of drug-likeness (QED) is 0.342. The number of Topliss-reactive ketones (excluding diaryl/α,β-unsaturated/α-hetero) is 1. The van der Waals surface area contributed by atoms with Crippen LogP contribution in [0.4, 0.5) is 11.4 Å². The molecule has 31 heavy (non-hydrogen) atoms. The van der Waals surface area contributed by atoms with E-state index in [2.05, 4.69) is 20.8 Å². The standard InChI is InChI=1S/C18H14N6O6S/c1-9(25)11-6-14-15(30-8-29-14)7-12(11)19-17(26)10-3-4-16(13(5-10)24(27)28)31-18-20-21-22-23(18)2/h3-7H,8H2,1-2H3,(H,19,26). The number of nitrogens with one attached hydrogen (secondary N) is 1. The van der Waals surface area contributed by atoms with Gasteiger partial charge in [-0.25, -0.2) is 4.68 Å². The number of fused-ring (bicyclic) bond motifs is 1. The minimum absolute atomic E-state index is 0.0104. The zero-order valence-corrected chi connectivity index (χ0v) is 17.0. The molecule has 0 bridgehead atoms. The van der Waals surface area contributed by atoms with Gasteiger partial charge in [-0.15, -0.1) is 5.10 Å². The number of hydrogen-bond donors (Lipinski definition) is 1. The molecule has 12 nitrogen and oxygen atoms in total. The van der Waals surface area contributed by atoms with Crippen molar-refractivity contribution >= 4 is 34.8 Å². The van der Waals surface area contributed by atoms with Crippen LogP contribution in [0.5, 0.6) is 11.5 Å². The third-order valence-corrected chi connectivity index (χ3v) is 5.43. The van der Waals surface area contributed by atoms with Crippen molar-refractivity contribution in [3.8, 4) is 11.5 Å². The summed E-state index contributed by atoms with van der Waals surface area (Å²) >= 11 is 0.998. The summed E-state index contributed by atoms with van der Waals surface area (Å²) in [7, 11) is 1.61. The van der Waals surface area contributed by atoms with Gasteiger partial charge < -0.3 is 14.8 Å². The van der Waals surface area contributed by atoms with E-state index in [1.807, 2.05) is 0 Å². The molecule has 158 valence electrons. The Morgan fingerprint density at radius 3 is 2.61 bits per heavy atom. The Bertz CT molecular complexity index is 1230. The van der Waals surface area contributed by atoms with Crippen molar-refractivity contribution in [2.24, 2.45) is 7.05 Å². The highest BCUT2D eigenvalue weighted by molar-refractivity contribution is 7.99. The van der Waals surface area contributed by atoms with Crippen LogP contribution in [0, 0.1) is 10.1 Å². The largest absolute Gasteiger partial charge is 0.454 e. The van der Waals surface area contributed by atoms with Crippen molar-refractivity contribution in [2.45, 2.75) is 17.0 Å². The Morgan fingerprint density at radius 1 is 1.23 bits per heavy atom. The lowest BCUT2D eigenvalue weighted by atomic mass is 10.1. The number of nitro groups is 1. The van der Waals surface area contributed by atoms with E-state index in [1.165, 1.54) is 35.9 Å². The van der Waals surface area contributed by atoms with Crippen LogP contribution in [0.15, 0.2) is 40.4 Å². The van der Waals surface area contributed by atoms with Gasteiger partial charge in [-0.3, -0.25) is 19.7 Å². The molecule has 0 unspecified atom stereocenters. The van der Waals surface area contributed by atoms with E-state index >= 15 is 0 Å². The molecule has 4 rings (SSSR count). The van der Waals surface area contributed by atoms with Crippen LogP contribution >= 0.6 is 11.8 Å². The van der Waals surface area contributed by atoms with Gasteiger partial charge in [0.1, 0.15) is 0 Å². The number of aromatic nitrogens is 4. The number of ether oxygens (including phenoxy) is 2. The molecule has 2 heterocycles. The second kappa shape index (κ2) is 8.02. The number of aryl methyl sites for hydroxylation is 1. The molecule has 1 N–H and O–H groups in total. The van der Waals surface area contributed by atoms with E-state index in [-0.39, 0.29) is 40.0 Å². The Morgan fingerprint density at radius 2 is 1.97 bits per heavy atom. The van der Waals surface area contributed by atoms with Crippen molar-refractivity contribution in [1.82, 2.24) is 20.2 Å². The van der Waals surface area contributed by atoms with Crippen LogP contribution in [0.2, 0.25) is 0 Å². The lowest BCUT2D eigenvalue weighted by molar-refractivity contribution is -0.387. The van der Waals surface area contributed by atoms with E-state index < -0.39 is 10.8 Å². The zero-order valence-electron chi connectivity index (χ0n) is 16.2.